The second-order valence-electron chi connectivity index (χ2n) is 10.1. The van der Waals surface area contributed by atoms with Crippen molar-refractivity contribution in [2.45, 2.75) is 39.9 Å². The first-order chi connectivity index (χ1) is 21.2. The van der Waals surface area contributed by atoms with Crippen LogP contribution in [0.3, 0.4) is 0 Å². The molecule has 12 nitrogen and oxygen atoms in total. The highest BCUT2D eigenvalue weighted by Crippen LogP contribution is 2.24. The van der Waals surface area contributed by atoms with Crippen LogP contribution in [0.5, 0.6) is 0 Å². The lowest BCUT2D eigenvalue weighted by Gasteiger charge is -2.07. The number of nitrogens with one attached hydrogen (secondary N) is 1. The number of carbonyl (C=O) groups excluding carboxylic acids is 2. The van der Waals surface area contributed by atoms with Gasteiger partial charge in [-0.05, 0) is 76.2 Å². The van der Waals surface area contributed by atoms with Gasteiger partial charge in [-0.3, -0.25) is 0 Å². The number of rotatable bonds is 11. The van der Waals surface area contributed by atoms with Crippen LogP contribution in [-0.2, 0) is 9.47 Å². The summed E-state index contributed by atoms with van der Waals surface area (Å²) >= 11 is 0. The van der Waals surface area contributed by atoms with Gasteiger partial charge in [0.15, 0.2) is 0 Å². The lowest BCUT2D eigenvalue weighted by Crippen LogP contribution is -2.11. The molecule has 0 saturated heterocycles. The molecular formula is C32H30N6O6. The molecule has 0 aliphatic heterocycles. The van der Waals surface area contributed by atoms with Gasteiger partial charge in [-0.1, -0.05) is 24.3 Å². The van der Waals surface area contributed by atoms with Crippen LogP contribution in [0.25, 0.3) is 22.6 Å². The van der Waals surface area contributed by atoms with Crippen molar-refractivity contribution in [3.63, 3.8) is 0 Å². The van der Waals surface area contributed by atoms with Crippen LogP contribution in [0.4, 0.5) is 5.95 Å². The Balaban J connectivity index is 1.17. The van der Waals surface area contributed by atoms with Crippen LogP contribution in [0.1, 0.15) is 59.9 Å². The van der Waals surface area contributed by atoms with E-state index >= 15 is 0 Å². The Morgan fingerprint density at radius 1 is 0.750 bits per heavy atom. The molecule has 0 aliphatic carbocycles. The van der Waals surface area contributed by atoms with E-state index in [1.54, 1.807) is 88.4 Å². The molecule has 12 heteroatoms. The standard InChI is InChI=1S/C32H30N6O6/c1-20(2)41-30(39)24-9-5-22(6-10-24)28-15-13-26(43-28)17-33-36-32-37-34-19-38(32)35-18-27-14-16-29(44-27)23-7-11-25(12-8-23)31(40)42-21(3)4/h5-21H,1-4H3,(H,36,37)/b33-17-,35-18+. The molecule has 1 N–H and O–H groups in total. The molecule has 44 heavy (non-hydrogen) atoms. The first kappa shape index (κ1) is 29.7. The molecule has 0 fully saturated rings. The predicted octanol–water partition coefficient (Wildman–Crippen LogP) is 6.26. The summed E-state index contributed by atoms with van der Waals surface area (Å²) in [6, 6.07) is 21.1. The summed E-state index contributed by atoms with van der Waals surface area (Å²) in [7, 11) is 0. The average molecular weight is 595 g/mol. The first-order valence-electron chi connectivity index (χ1n) is 13.8. The van der Waals surface area contributed by atoms with Gasteiger partial charge >= 0.3 is 11.9 Å². The predicted molar refractivity (Wildman–Crippen MR) is 164 cm³/mol. The van der Waals surface area contributed by atoms with Crippen LogP contribution in [-0.4, -0.2) is 51.4 Å². The Morgan fingerprint density at radius 2 is 1.25 bits per heavy atom. The van der Waals surface area contributed by atoms with Gasteiger partial charge in [-0.2, -0.15) is 14.9 Å². The summed E-state index contributed by atoms with van der Waals surface area (Å²) in [6.07, 6.45) is 4.05. The van der Waals surface area contributed by atoms with E-state index in [2.05, 4.69) is 25.8 Å². The quantitative estimate of drug-likeness (QED) is 0.106. The van der Waals surface area contributed by atoms with Gasteiger partial charge in [0, 0.05) is 11.1 Å². The third-order valence-electron chi connectivity index (χ3n) is 5.95. The molecule has 0 atom stereocenters. The number of ether oxygens (including phenoxy) is 2. The molecule has 0 radical (unpaired) electrons. The van der Waals surface area contributed by atoms with Crippen molar-refractivity contribution < 1.29 is 27.9 Å². The van der Waals surface area contributed by atoms with Crippen LogP contribution >= 0.6 is 0 Å². The van der Waals surface area contributed by atoms with E-state index in [1.165, 1.54) is 23.4 Å². The summed E-state index contributed by atoms with van der Waals surface area (Å²) in [5.41, 5.74) is 5.33. The minimum atomic E-state index is -0.371. The Bertz CT molecular complexity index is 1780. The SMILES string of the molecule is CC(C)OC(=O)c1ccc(-c2ccc(/C=N\Nc3nncn3/N=C/c3ccc(-c4ccc(C(=O)OC(C)C)cc4)o3)o2)cc1. The molecule has 0 bridgehead atoms. The fraction of sp³-hybridized carbons (Fsp3) is 0.188. The Hall–Kier alpha value is -5.78. The Labute approximate surface area is 253 Å². The maximum absolute atomic E-state index is 12.1. The molecule has 3 heterocycles. The zero-order valence-electron chi connectivity index (χ0n) is 24.5. The minimum absolute atomic E-state index is 0.187. The average Bonchev–Trinajstić information content (AvgIpc) is 3.77. The fourth-order valence-corrected chi connectivity index (χ4v) is 3.92. The summed E-state index contributed by atoms with van der Waals surface area (Å²) in [5, 5.41) is 16.4. The number of carbonyl (C=O) groups is 2. The largest absolute Gasteiger partial charge is 0.459 e. The molecular weight excluding hydrogens is 564 g/mol. The minimum Gasteiger partial charge on any atom is -0.459 e. The van der Waals surface area contributed by atoms with Crippen LogP contribution in [0.15, 0.2) is 98.2 Å². The summed E-state index contributed by atoms with van der Waals surface area (Å²) in [6.45, 7) is 7.22. The Morgan fingerprint density at radius 3 is 1.75 bits per heavy atom. The van der Waals surface area contributed by atoms with Gasteiger partial charge < -0.3 is 18.3 Å². The highest BCUT2D eigenvalue weighted by molar-refractivity contribution is 5.90. The molecule has 0 spiro atoms. The van der Waals surface area contributed by atoms with Gasteiger partial charge in [0.2, 0.25) is 0 Å². The molecule has 0 saturated carbocycles. The molecule has 0 amide bonds. The highest BCUT2D eigenvalue weighted by Gasteiger charge is 2.12. The smallest absolute Gasteiger partial charge is 0.338 e. The van der Waals surface area contributed by atoms with E-state index in [0.717, 1.165) is 11.1 Å². The fourth-order valence-electron chi connectivity index (χ4n) is 3.92. The normalized spacial score (nSPS) is 11.6. The molecule has 5 aromatic rings. The second kappa shape index (κ2) is 13.5. The molecule has 2 aromatic carbocycles. The number of furan rings is 2. The van der Waals surface area contributed by atoms with Gasteiger partial charge in [0.25, 0.3) is 5.95 Å². The zero-order chi connectivity index (χ0) is 31.1. The van der Waals surface area contributed by atoms with E-state index < -0.39 is 0 Å². The lowest BCUT2D eigenvalue weighted by molar-refractivity contribution is 0.0367. The van der Waals surface area contributed by atoms with Gasteiger partial charge in [-0.15, -0.1) is 10.2 Å². The maximum atomic E-state index is 12.1. The zero-order valence-corrected chi connectivity index (χ0v) is 24.5. The van der Waals surface area contributed by atoms with Gasteiger partial charge in [0.1, 0.15) is 29.4 Å². The maximum Gasteiger partial charge on any atom is 0.338 e. The molecule has 224 valence electrons. The molecule has 5 rings (SSSR count). The monoisotopic (exact) mass is 594 g/mol. The summed E-state index contributed by atoms with van der Waals surface area (Å²) in [5.74, 6) is 1.76. The number of anilines is 1. The third-order valence-corrected chi connectivity index (χ3v) is 5.95. The van der Waals surface area contributed by atoms with E-state index in [-0.39, 0.29) is 30.1 Å². The van der Waals surface area contributed by atoms with Crippen molar-refractivity contribution in [3.8, 4) is 22.6 Å². The van der Waals surface area contributed by atoms with Crippen LogP contribution in [0.2, 0.25) is 0 Å². The Kier molecular flexibility index (Phi) is 9.09. The van der Waals surface area contributed by atoms with Crippen molar-refractivity contribution in [1.82, 2.24) is 14.9 Å². The highest BCUT2D eigenvalue weighted by atomic mass is 16.5. The molecule has 0 unspecified atom stereocenters. The van der Waals surface area contributed by atoms with Gasteiger partial charge in [0.05, 0.1) is 35.8 Å². The van der Waals surface area contributed by atoms with Crippen LogP contribution < -0.4 is 5.43 Å². The number of esters is 2. The lowest BCUT2D eigenvalue weighted by atomic mass is 10.1. The van der Waals surface area contributed by atoms with Crippen molar-refractivity contribution in [2.24, 2.45) is 10.2 Å². The third kappa shape index (κ3) is 7.53. The van der Waals surface area contributed by atoms with Gasteiger partial charge in [-0.25, -0.2) is 15.0 Å². The number of hydrogen-bond donors (Lipinski definition) is 1. The second-order valence-corrected chi connectivity index (χ2v) is 10.1. The molecule has 0 aliphatic rings. The summed E-state index contributed by atoms with van der Waals surface area (Å²) in [4.78, 5) is 24.1. The number of benzene rings is 2. The van der Waals surface area contributed by atoms with Crippen LogP contribution in [0, 0.1) is 0 Å². The van der Waals surface area contributed by atoms with E-state index in [4.69, 9.17) is 18.3 Å². The number of nitrogens with zero attached hydrogens (tertiary/aromatic N) is 5. The topological polar surface area (TPSA) is 146 Å². The van der Waals surface area contributed by atoms with Crippen molar-refractivity contribution >= 4 is 30.3 Å². The summed E-state index contributed by atoms with van der Waals surface area (Å²) < 4.78 is 23.6. The van der Waals surface area contributed by atoms with Crippen molar-refractivity contribution in [3.05, 3.63) is 102 Å². The van der Waals surface area contributed by atoms with E-state index in [0.29, 0.717) is 34.2 Å². The van der Waals surface area contributed by atoms with E-state index in [1.807, 2.05) is 12.1 Å². The molecule has 3 aromatic heterocycles. The van der Waals surface area contributed by atoms with Crippen molar-refractivity contribution in [2.75, 3.05) is 5.43 Å². The number of hydrazone groups is 1. The van der Waals surface area contributed by atoms with Crippen molar-refractivity contribution in [1.29, 1.82) is 0 Å². The van der Waals surface area contributed by atoms with E-state index in [9.17, 15) is 9.59 Å². The number of aromatic nitrogens is 3. The first-order valence-corrected chi connectivity index (χ1v) is 13.8. The number of hydrogen-bond acceptors (Lipinski definition) is 11.